The van der Waals surface area contributed by atoms with Crippen molar-refractivity contribution in [2.45, 2.75) is 51.9 Å². The minimum Gasteiger partial charge on any atom is -0.261 e. The Labute approximate surface area is 86.8 Å². The third kappa shape index (κ3) is 2.53. The second kappa shape index (κ2) is 5.08. The summed E-state index contributed by atoms with van der Waals surface area (Å²) >= 11 is 0. The molecule has 0 spiro atoms. The van der Waals surface area contributed by atoms with E-state index in [4.69, 9.17) is 0 Å². The average Bonchev–Trinajstić information content (AvgIpc) is 2.20. The van der Waals surface area contributed by atoms with Gasteiger partial charge in [-0.2, -0.15) is 0 Å². The highest BCUT2D eigenvalue weighted by molar-refractivity contribution is 5.11. The van der Waals surface area contributed by atoms with Crippen LogP contribution in [0, 0.1) is 0 Å². The summed E-state index contributed by atoms with van der Waals surface area (Å²) in [5, 5.41) is 0. The van der Waals surface area contributed by atoms with Crippen LogP contribution in [0.4, 0.5) is 0 Å². The summed E-state index contributed by atoms with van der Waals surface area (Å²) in [6, 6.07) is 0. The van der Waals surface area contributed by atoms with E-state index >= 15 is 0 Å². The molecule has 0 aliphatic heterocycles. The van der Waals surface area contributed by atoms with Gasteiger partial charge in [-0.3, -0.25) is 9.97 Å². The molecule has 0 aromatic carbocycles. The maximum Gasteiger partial charge on any atom is 0.0645 e. The Balaban J connectivity index is 2.87. The van der Waals surface area contributed by atoms with Crippen LogP contribution in [-0.2, 0) is 5.41 Å². The molecular formula is C12H20N2. The highest BCUT2D eigenvalue weighted by atomic mass is 14.8. The Morgan fingerprint density at radius 1 is 1.14 bits per heavy atom. The smallest absolute Gasteiger partial charge is 0.0645 e. The van der Waals surface area contributed by atoms with E-state index in [0.29, 0.717) is 0 Å². The monoisotopic (exact) mass is 192 g/mol. The van der Waals surface area contributed by atoms with Gasteiger partial charge in [-0.15, -0.1) is 0 Å². The molecule has 78 valence electrons. The Morgan fingerprint density at radius 3 is 2.21 bits per heavy atom. The summed E-state index contributed by atoms with van der Waals surface area (Å²) in [6.07, 6.45) is 10.2. The van der Waals surface area contributed by atoms with Crippen LogP contribution in [0.3, 0.4) is 0 Å². The van der Waals surface area contributed by atoms with Crippen LogP contribution < -0.4 is 0 Å². The zero-order valence-corrected chi connectivity index (χ0v) is 9.45. The zero-order valence-electron chi connectivity index (χ0n) is 9.45. The molecule has 0 saturated carbocycles. The molecule has 0 aliphatic rings. The van der Waals surface area contributed by atoms with Crippen LogP contribution in [-0.4, -0.2) is 9.97 Å². The fourth-order valence-corrected chi connectivity index (χ4v) is 2.10. The Morgan fingerprint density at radius 2 is 1.79 bits per heavy atom. The van der Waals surface area contributed by atoms with Crippen molar-refractivity contribution < 1.29 is 0 Å². The number of rotatable bonds is 5. The van der Waals surface area contributed by atoms with Crippen LogP contribution in [0.1, 0.15) is 52.1 Å². The quantitative estimate of drug-likeness (QED) is 0.715. The van der Waals surface area contributed by atoms with E-state index in [-0.39, 0.29) is 5.41 Å². The first kappa shape index (κ1) is 11.2. The second-order valence-electron chi connectivity index (χ2n) is 4.15. The Kier molecular flexibility index (Phi) is 4.05. The maximum atomic E-state index is 4.43. The fraction of sp³-hybridized carbons (Fsp3) is 0.667. The van der Waals surface area contributed by atoms with Gasteiger partial charge >= 0.3 is 0 Å². The van der Waals surface area contributed by atoms with Gasteiger partial charge in [-0.25, -0.2) is 0 Å². The lowest BCUT2D eigenvalue weighted by molar-refractivity contribution is 0.380. The summed E-state index contributed by atoms with van der Waals surface area (Å²) in [6.45, 7) is 6.75. The van der Waals surface area contributed by atoms with Gasteiger partial charge in [0, 0.05) is 24.0 Å². The van der Waals surface area contributed by atoms with Crippen molar-refractivity contribution in [3.63, 3.8) is 0 Å². The van der Waals surface area contributed by atoms with Crippen LogP contribution in [0.15, 0.2) is 18.6 Å². The fourth-order valence-electron chi connectivity index (χ4n) is 2.10. The third-order valence-electron chi connectivity index (χ3n) is 2.79. The topological polar surface area (TPSA) is 25.8 Å². The predicted molar refractivity (Wildman–Crippen MR) is 59.2 cm³/mol. The molecule has 0 N–H and O–H groups in total. The van der Waals surface area contributed by atoms with Gasteiger partial charge in [0.25, 0.3) is 0 Å². The normalized spacial score (nSPS) is 11.6. The molecule has 0 aliphatic carbocycles. The lowest BCUT2D eigenvalue weighted by Gasteiger charge is -2.27. The van der Waals surface area contributed by atoms with Crippen LogP contribution in [0.5, 0.6) is 0 Å². The summed E-state index contributed by atoms with van der Waals surface area (Å²) in [7, 11) is 0. The minimum atomic E-state index is 0.220. The predicted octanol–water partition coefficient (Wildman–Crippen LogP) is 3.33. The van der Waals surface area contributed by atoms with Crippen LogP contribution >= 0.6 is 0 Å². The molecule has 1 heterocycles. The van der Waals surface area contributed by atoms with Crippen molar-refractivity contribution >= 4 is 0 Å². The summed E-state index contributed by atoms with van der Waals surface area (Å²) in [5.74, 6) is 0. The van der Waals surface area contributed by atoms with Crippen molar-refractivity contribution in [2.24, 2.45) is 0 Å². The molecule has 0 unspecified atom stereocenters. The molecule has 0 atom stereocenters. The molecule has 0 bridgehead atoms. The second-order valence-corrected chi connectivity index (χ2v) is 4.15. The van der Waals surface area contributed by atoms with Crippen molar-refractivity contribution in [1.82, 2.24) is 9.97 Å². The number of aromatic nitrogens is 2. The van der Waals surface area contributed by atoms with Crippen molar-refractivity contribution in [2.75, 3.05) is 0 Å². The molecule has 0 amide bonds. The Hall–Kier alpha value is -0.920. The van der Waals surface area contributed by atoms with Gasteiger partial charge in [0.1, 0.15) is 0 Å². The average molecular weight is 192 g/mol. The van der Waals surface area contributed by atoms with Gasteiger partial charge in [0.15, 0.2) is 0 Å². The van der Waals surface area contributed by atoms with Crippen molar-refractivity contribution in [1.29, 1.82) is 0 Å². The molecule has 1 aromatic heterocycles. The standard InChI is InChI=1S/C12H20N2/c1-4-6-12(3,7-5-2)11-10-13-8-9-14-11/h8-10H,4-7H2,1-3H3. The number of hydrogen-bond acceptors (Lipinski definition) is 2. The molecule has 2 nitrogen and oxygen atoms in total. The lowest BCUT2D eigenvalue weighted by atomic mass is 9.78. The van der Waals surface area contributed by atoms with Crippen molar-refractivity contribution in [3.8, 4) is 0 Å². The molecule has 2 heteroatoms. The van der Waals surface area contributed by atoms with Gasteiger partial charge in [-0.1, -0.05) is 33.6 Å². The van der Waals surface area contributed by atoms with Crippen LogP contribution in [0.25, 0.3) is 0 Å². The molecule has 0 fully saturated rings. The molecule has 0 radical (unpaired) electrons. The Bertz CT molecular complexity index is 250. The van der Waals surface area contributed by atoms with Gasteiger partial charge < -0.3 is 0 Å². The summed E-state index contributed by atoms with van der Waals surface area (Å²) < 4.78 is 0. The highest BCUT2D eigenvalue weighted by Crippen LogP contribution is 2.31. The third-order valence-corrected chi connectivity index (χ3v) is 2.79. The lowest BCUT2D eigenvalue weighted by Crippen LogP contribution is -2.23. The summed E-state index contributed by atoms with van der Waals surface area (Å²) in [5.41, 5.74) is 1.36. The first-order valence-electron chi connectivity index (χ1n) is 5.49. The maximum absolute atomic E-state index is 4.43. The SMILES string of the molecule is CCCC(C)(CCC)c1cnccn1. The number of nitrogens with zero attached hydrogens (tertiary/aromatic N) is 2. The summed E-state index contributed by atoms with van der Waals surface area (Å²) in [4.78, 5) is 8.58. The number of hydrogen-bond donors (Lipinski definition) is 0. The van der Waals surface area contributed by atoms with E-state index in [1.54, 1.807) is 12.4 Å². The van der Waals surface area contributed by atoms with E-state index in [1.807, 2.05) is 6.20 Å². The first-order valence-corrected chi connectivity index (χ1v) is 5.49. The molecule has 14 heavy (non-hydrogen) atoms. The van der Waals surface area contributed by atoms with Gasteiger partial charge in [-0.05, 0) is 12.8 Å². The molecule has 1 aromatic rings. The van der Waals surface area contributed by atoms with E-state index in [9.17, 15) is 0 Å². The van der Waals surface area contributed by atoms with Crippen LogP contribution in [0.2, 0.25) is 0 Å². The van der Waals surface area contributed by atoms with Crippen molar-refractivity contribution in [3.05, 3.63) is 24.3 Å². The molecule has 0 saturated heterocycles. The minimum absolute atomic E-state index is 0.220. The zero-order chi connectivity index (χ0) is 10.4. The van der Waals surface area contributed by atoms with E-state index in [1.165, 1.54) is 25.7 Å². The van der Waals surface area contributed by atoms with Gasteiger partial charge in [0.2, 0.25) is 0 Å². The van der Waals surface area contributed by atoms with E-state index < -0.39 is 0 Å². The van der Waals surface area contributed by atoms with E-state index in [0.717, 1.165) is 5.69 Å². The van der Waals surface area contributed by atoms with Gasteiger partial charge in [0.05, 0.1) is 5.69 Å². The molecule has 1 rings (SSSR count). The highest BCUT2D eigenvalue weighted by Gasteiger charge is 2.25. The molecular weight excluding hydrogens is 172 g/mol. The van der Waals surface area contributed by atoms with E-state index in [2.05, 4.69) is 30.7 Å². The first-order chi connectivity index (χ1) is 6.73. The largest absolute Gasteiger partial charge is 0.261 e.